The van der Waals surface area contributed by atoms with Crippen LogP contribution in [0.4, 0.5) is 0 Å². The van der Waals surface area contributed by atoms with E-state index in [-0.39, 0.29) is 5.91 Å². The highest BCUT2D eigenvalue weighted by Crippen LogP contribution is 2.26. The summed E-state index contributed by atoms with van der Waals surface area (Å²) in [6.45, 7) is 1.27. The fraction of sp³-hybridized carbons (Fsp3) is 0.429. The Hall–Kier alpha value is -1.24. The molecule has 0 atom stereocenters. The molecule has 2 aromatic rings. The van der Waals surface area contributed by atoms with E-state index < -0.39 is 0 Å². The Balaban J connectivity index is 2.29. The summed E-state index contributed by atoms with van der Waals surface area (Å²) in [7, 11) is 5.16. The average Bonchev–Trinajstić information content (AvgIpc) is 2.78. The highest BCUT2D eigenvalue weighted by molar-refractivity contribution is 7.99. The smallest absolute Gasteiger partial charge is 0.232 e. The summed E-state index contributed by atoms with van der Waals surface area (Å²) < 4.78 is 7.21. The monoisotopic (exact) mass is 327 g/mol. The minimum absolute atomic E-state index is 0.0587. The molecule has 1 aromatic carbocycles. The number of carbonyl (C=O) groups is 1. The first-order valence-electron chi connectivity index (χ1n) is 6.50. The van der Waals surface area contributed by atoms with E-state index in [4.69, 9.17) is 16.3 Å². The first-order valence-corrected chi connectivity index (χ1v) is 7.87. The van der Waals surface area contributed by atoms with Crippen LogP contribution in [0.2, 0.25) is 5.02 Å². The first-order chi connectivity index (χ1) is 10.0. The Morgan fingerprint density at radius 3 is 2.90 bits per heavy atom. The van der Waals surface area contributed by atoms with Gasteiger partial charge in [0.1, 0.15) is 0 Å². The van der Waals surface area contributed by atoms with Gasteiger partial charge in [-0.2, -0.15) is 0 Å². The number of hydrogen-bond acceptors (Lipinski definition) is 4. The zero-order chi connectivity index (χ0) is 15.4. The lowest BCUT2D eigenvalue weighted by atomic mass is 10.3. The van der Waals surface area contributed by atoms with Crippen LogP contribution in [0.5, 0.6) is 0 Å². The van der Waals surface area contributed by atoms with Crippen molar-refractivity contribution in [1.29, 1.82) is 0 Å². The maximum atomic E-state index is 11.7. The van der Waals surface area contributed by atoms with Crippen LogP contribution in [-0.2, 0) is 16.1 Å². The van der Waals surface area contributed by atoms with Gasteiger partial charge < -0.3 is 14.2 Å². The lowest BCUT2D eigenvalue weighted by molar-refractivity contribution is -0.125. The van der Waals surface area contributed by atoms with E-state index >= 15 is 0 Å². The Morgan fingerprint density at radius 2 is 2.24 bits per heavy atom. The first kappa shape index (κ1) is 16.1. The molecule has 1 aromatic heterocycles. The summed E-state index contributed by atoms with van der Waals surface area (Å²) in [4.78, 5) is 17.9. The maximum Gasteiger partial charge on any atom is 0.232 e. The third kappa shape index (κ3) is 3.90. The van der Waals surface area contributed by atoms with Crippen molar-refractivity contribution >= 4 is 40.3 Å². The number of thioether (sulfide) groups is 1. The molecule has 1 heterocycles. The molecule has 0 aliphatic heterocycles. The fourth-order valence-corrected chi connectivity index (χ4v) is 3.03. The van der Waals surface area contributed by atoms with Gasteiger partial charge in [0.25, 0.3) is 0 Å². The third-order valence-corrected chi connectivity index (χ3v) is 4.21. The molecule has 0 saturated heterocycles. The van der Waals surface area contributed by atoms with Crippen molar-refractivity contribution < 1.29 is 9.53 Å². The molecule has 0 radical (unpaired) electrons. The number of methoxy groups -OCH3 is 1. The van der Waals surface area contributed by atoms with Crippen LogP contribution in [0, 0.1) is 0 Å². The largest absolute Gasteiger partial charge is 0.383 e. The Morgan fingerprint density at radius 1 is 1.48 bits per heavy atom. The summed E-state index contributed by atoms with van der Waals surface area (Å²) in [5.74, 6) is 0.417. The number of imidazole rings is 1. The van der Waals surface area contributed by atoms with Crippen molar-refractivity contribution in [2.75, 3.05) is 33.6 Å². The molecule has 0 saturated carbocycles. The van der Waals surface area contributed by atoms with Crippen LogP contribution in [0.3, 0.4) is 0 Å². The van der Waals surface area contributed by atoms with E-state index in [2.05, 4.69) is 9.55 Å². The maximum absolute atomic E-state index is 11.7. The van der Waals surface area contributed by atoms with Crippen LogP contribution in [0.25, 0.3) is 11.0 Å². The molecule has 1 amide bonds. The summed E-state index contributed by atoms with van der Waals surface area (Å²) >= 11 is 7.44. The highest BCUT2D eigenvalue weighted by Gasteiger charge is 2.14. The standard InChI is InChI=1S/C14H18ClN3O2S/c1-17(2)13(19)9-21-14-16-11-8-10(15)4-5-12(11)18(14)6-7-20-3/h4-5,8H,6-7,9H2,1-3H3. The number of nitrogens with zero attached hydrogens (tertiary/aromatic N) is 3. The number of rotatable bonds is 6. The number of carbonyl (C=O) groups excluding carboxylic acids is 1. The molecule has 0 unspecified atom stereocenters. The summed E-state index contributed by atoms with van der Waals surface area (Å²) in [5, 5.41) is 1.46. The van der Waals surface area contributed by atoms with Gasteiger partial charge in [-0.1, -0.05) is 23.4 Å². The van der Waals surface area contributed by atoms with E-state index in [9.17, 15) is 4.79 Å². The second-order valence-corrected chi connectivity index (χ2v) is 6.13. The van der Waals surface area contributed by atoms with Gasteiger partial charge in [-0.15, -0.1) is 0 Å². The predicted octanol–water partition coefficient (Wildman–Crippen LogP) is 2.52. The minimum Gasteiger partial charge on any atom is -0.383 e. The third-order valence-electron chi connectivity index (χ3n) is 3.02. The number of benzene rings is 1. The minimum atomic E-state index is 0.0587. The van der Waals surface area contributed by atoms with Crippen molar-refractivity contribution in [1.82, 2.24) is 14.5 Å². The van der Waals surface area contributed by atoms with Crippen molar-refractivity contribution in [3.05, 3.63) is 23.2 Å². The lowest BCUT2D eigenvalue weighted by Gasteiger charge is -2.11. The number of aromatic nitrogens is 2. The van der Waals surface area contributed by atoms with Gasteiger partial charge in [-0.05, 0) is 18.2 Å². The van der Waals surface area contributed by atoms with E-state index in [1.807, 2.05) is 18.2 Å². The van der Waals surface area contributed by atoms with Crippen LogP contribution in [-0.4, -0.2) is 53.9 Å². The van der Waals surface area contributed by atoms with Crippen LogP contribution < -0.4 is 0 Å². The summed E-state index contributed by atoms with van der Waals surface area (Å²) in [6.07, 6.45) is 0. The second kappa shape index (κ2) is 7.15. The van der Waals surface area contributed by atoms with Gasteiger partial charge in [-0.3, -0.25) is 4.79 Å². The number of halogens is 1. The molecular formula is C14H18ClN3O2S. The molecule has 7 heteroatoms. The van der Waals surface area contributed by atoms with E-state index in [0.717, 1.165) is 16.2 Å². The number of amides is 1. The van der Waals surface area contributed by atoms with Gasteiger partial charge in [-0.25, -0.2) is 4.98 Å². The Bertz CT molecular complexity index is 642. The molecule has 114 valence electrons. The lowest BCUT2D eigenvalue weighted by Crippen LogP contribution is -2.23. The van der Waals surface area contributed by atoms with Gasteiger partial charge in [0.15, 0.2) is 5.16 Å². The van der Waals surface area contributed by atoms with Crippen LogP contribution in [0.15, 0.2) is 23.4 Å². The van der Waals surface area contributed by atoms with Crippen molar-refractivity contribution in [2.45, 2.75) is 11.7 Å². The molecule has 5 nitrogen and oxygen atoms in total. The molecule has 0 N–H and O–H groups in total. The zero-order valence-corrected chi connectivity index (χ0v) is 13.9. The predicted molar refractivity (Wildman–Crippen MR) is 86.0 cm³/mol. The van der Waals surface area contributed by atoms with Crippen molar-refractivity contribution in [2.24, 2.45) is 0 Å². The summed E-state index contributed by atoms with van der Waals surface area (Å²) in [5.41, 5.74) is 1.83. The molecule has 2 rings (SSSR count). The number of hydrogen-bond donors (Lipinski definition) is 0. The summed E-state index contributed by atoms with van der Waals surface area (Å²) in [6, 6.07) is 5.62. The van der Waals surface area contributed by atoms with Gasteiger partial charge >= 0.3 is 0 Å². The highest BCUT2D eigenvalue weighted by atomic mass is 35.5. The van der Waals surface area contributed by atoms with Gasteiger partial charge in [0.2, 0.25) is 5.91 Å². The SMILES string of the molecule is COCCn1c(SCC(=O)N(C)C)nc2cc(Cl)ccc21. The van der Waals surface area contributed by atoms with Crippen molar-refractivity contribution in [3.8, 4) is 0 Å². The molecule has 0 aliphatic carbocycles. The second-order valence-electron chi connectivity index (χ2n) is 4.75. The Labute approximate surface area is 133 Å². The van der Waals surface area contributed by atoms with Gasteiger partial charge in [0, 0.05) is 32.8 Å². The van der Waals surface area contributed by atoms with Gasteiger partial charge in [0.05, 0.1) is 23.4 Å². The topological polar surface area (TPSA) is 47.4 Å². The molecule has 21 heavy (non-hydrogen) atoms. The van der Waals surface area contributed by atoms with E-state index in [1.165, 1.54) is 11.8 Å². The van der Waals surface area contributed by atoms with E-state index in [0.29, 0.717) is 23.9 Å². The fourth-order valence-electron chi connectivity index (χ4n) is 1.85. The molecule has 0 bridgehead atoms. The average molecular weight is 328 g/mol. The Kier molecular flexibility index (Phi) is 5.50. The molecule has 0 aliphatic rings. The number of fused-ring (bicyclic) bond motifs is 1. The molecule has 0 spiro atoms. The zero-order valence-electron chi connectivity index (χ0n) is 12.3. The number of ether oxygens (including phenoxy) is 1. The molecular weight excluding hydrogens is 310 g/mol. The quantitative estimate of drug-likeness (QED) is 0.765. The normalized spacial score (nSPS) is 11.0. The van der Waals surface area contributed by atoms with Crippen molar-refractivity contribution in [3.63, 3.8) is 0 Å². The van der Waals surface area contributed by atoms with E-state index in [1.54, 1.807) is 26.1 Å². The van der Waals surface area contributed by atoms with Crippen LogP contribution >= 0.6 is 23.4 Å². The van der Waals surface area contributed by atoms with Crippen LogP contribution in [0.1, 0.15) is 0 Å². The molecule has 0 fully saturated rings.